The Bertz CT molecular complexity index is 338. The highest BCUT2D eigenvalue weighted by molar-refractivity contribution is 7.10. The average Bonchev–Trinajstić information content (AvgIpc) is 2.57. The maximum Gasteiger partial charge on any atom is 0.184 e. The van der Waals surface area contributed by atoms with E-state index in [2.05, 4.69) is 44.6 Å². The second-order valence-electron chi connectivity index (χ2n) is 5.05. The fraction of sp³-hybridized carbons (Fsp3) is 0.538. The summed E-state index contributed by atoms with van der Waals surface area (Å²) < 4.78 is 6.27. The van der Waals surface area contributed by atoms with Crippen LogP contribution in [0.2, 0.25) is 19.6 Å². The second kappa shape index (κ2) is 5.80. The largest absolute Gasteiger partial charge is 0.410 e. The van der Waals surface area contributed by atoms with E-state index in [1.165, 1.54) is 10.4 Å². The van der Waals surface area contributed by atoms with Crippen molar-refractivity contribution in [3.05, 3.63) is 34.5 Å². The first-order valence-electron chi connectivity index (χ1n) is 5.77. The molecular formula is C13H22OSSi. The van der Waals surface area contributed by atoms with Gasteiger partial charge in [-0.05, 0) is 56.4 Å². The summed E-state index contributed by atoms with van der Waals surface area (Å²) >= 11 is 1.81. The van der Waals surface area contributed by atoms with Gasteiger partial charge >= 0.3 is 0 Å². The molecule has 3 heteroatoms. The van der Waals surface area contributed by atoms with Crippen LogP contribution in [0, 0.1) is 6.92 Å². The van der Waals surface area contributed by atoms with Crippen molar-refractivity contribution >= 4 is 19.7 Å². The van der Waals surface area contributed by atoms with Crippen LogP contribution in [-0.4, -0.2) is 8.32 Å². The van der Waals surface area contributed by atoms with Gasteiger partial charge in [-0.2, -0.15) is 0 Å². The van der Waals surface area contributed by atoms with Gasteiger partial charge in [0, 0.05) is 4.88 Å². The van der Waals surface area contributed by atoms with E-state index in [4.69, 9.17) is 4.43 Å². The van der Waals surface area contributed by atoms with Crippen molar-refractivity contribution in [2.45, 2.75) is 45.5 Å². The molecule has 1 heterocycles. The van der Waals surface area contributed by atoms with Crippen molar-refractivity contribution < 1.29 is 4.43 Å². The molecule has 0 aliphatic carbocycles. The zero-order valence-electron chi connectivity index (χ0n) is 10.7. The van der Waals surface area contributed by atoms with E-state index in [1.807, 2.05) is 17.4 Å². The van der Waals surface area contributed by atoms with E-state index in [9.17, 15) is 0 Å². The number of aryl methyl sites for hydroxylation is 1. The van der Waals surface area contributed by atoms with Crippen LogP contribution in [0.15, 0.2) is 24.1 Å². The lowest BCUT2D eigenvalue weighted by Crippen LogP contribution is -2.27. The van der Waals surface area contributed by atoms with Gasteiger partial charge in [0.15, 0.2) is 8.32 Å². The molecule has 16 heavy (non-hydrogen) atoms. The first-order chi connectivity index (χ1) is 7.44. The van der Waals surface area contributed by atoms with E-state index in [-0.39, 0.29) is 6.10 Å². The zero-order valence-corrected chi connectivity index (χ0v) is 12.6. The van der Waals surface area contributed by atoms with E-state index in [0.29, 0.717) is 0 Å². The summed E-state index contributed by atoms with van der Waals surface area (Å²) in [7, 11) is -1.48. The number of hydrogen-bond donors (Lipinski definition) is 0. The molecule has 0 aliphatic rings. The highest BCUT2D eigenvalue weighted by atomic mass is 32.1. The summed E-state index contributed by atoms with van der Waals surface area (Å²) in [6.45, 7) is 12.7. The molecule has 1 nitrogen and oxygen atoms in total. The van der Waals surface area contributed by atoms with Gasteiger partial charge in [0.2, 0.25) is 0 Å². The lowest BCUT2D eigenvalue weighted by molar-refractivity contribution is 0.191. The van der Waals surface area contributed by atoms with Crippen molar-refractivity contribution in [2.24, 2.45) is 0 Å². The Morgan fingerprint density at radius 1 is 1.50 bits per heavy atom. The Kier molecular flexibility index (Phi) is 4.96. The third-order valence-corrected chi connectivity index (χ3v) is 4.43. The Balaban J connectivity index is 2.79. The minimum absolute atomic E-state index is 0.268. The highest BCUT2D eigenvalue weighted by Gasteiger charge is 2.23. The molecule has 1 unspecified atom stereocenters. The first-order valence-corrected chi connectivity index (χ1v) is 10.1. The van der Waals surface area contributed by atoms with Gasteiger partial charge < -0.3 is 4.43 Å². The van der Waals surface area contributed by atoms with Gasteiger partial charge in [-0.15, -0.1) is 17.9 Å². The first kappa shape index (κ1) is 13.7. The third-order valence-electron chi connectivity index (χ3n) is 2.32. The van der Waals surface area contributed by atoms with E-state index >= 15 is 0 Å². The Morgan fingerprint density at radius 3 is 2.62 bits per heavy atom. The number of hydrogen-bond acceptors (Lipinski definition) is 2. The van der Waals surface area contributed by atoms with Gasteiger partial charge in [-0.1, -0.05) is 6.08 Å². The van der Waals surface area contributed by atoms with Gasteiger partial charge in [-0.25, -0.2) is 0 Å². The Labute approximate surface area is 104 Å². The quantitative estimate of drug-likeness (QED) is 0.517. The van der Waals surface area contributed by atoms with Crippen molar-refractivity contribution in [1.29, 1.82) is 0 Å². The van der Waals surface area contributed by atoms with E-state index < -0.39 is 8.32 Å². The van der Waals surface area contributed by atoms with Crippen molar-refractivity contribution in [1.82, 2.24) is 0 Å². The smallest absolute Gasteiger partial charge is 0.184 e. The predicted molar refractivity (Wildman–Crippen MR) is 75.7 cm³/mol. The predicted octanol–water partition coefficient (Wildman–Crippen LogP) is 4.92. The third kappa shape index (κ3) is 4.24. The normalized spacial score (nSPS) is 13.8. The number of thiophene rings is 1. The summed E-state index contributed by atoms with van der Waals surface area (Å²) in [5, 5.41) is 2.15. The molecule has 90 valence electrons. The van der Waals surface area contributed by atoms with Crippen molar-refractivity contribution in [3.63, 3.8) is 0 Å². The summed E-state index contributed by atoms with van der Waals surface area (Å²) in [6, 6.07) is 2.18. The van der Waals surface area contributed by atoms with Crippen LogP contribution < -0.4 is 0 Å². The van der Waals surface area contributed by atoms with Gasteiger partial charge in [0.25, 0.3) is 0 Å². The van der Waals surface area contributed by atoms with Crippen molar-refractivity contribution in [3.8, 4) is 0 Å². The molecule has 1 aromatic rings. The molecule has 1 aromatic heterocycles. The summed E-state index contributed by atoms with van der Waals surface area (Å²) in [5.74, 6) is 0. The van der Waals surface area contributed by atoms with E-state index in [0.717, 1.165) is 12.8 Å². The zero-order chi connectivity index (χ0) is 12.2. The monoisotopic (exact) mass is 254 g/mol. The van der Waals surface area contributed by atoms with Gasteiger partial charge in [0.1, 0.15) is 0 Å². The molecule has 1 atom stereocenters. The van der Waals surface area contributed by atoms with Crippen LogP contribution in [-0.2, 0) is 4.43 Å². The molecule has 0 fully saturated rings. The highest BCUT2D eigenvalue weighted by Crippen LogP contribution is 2.32. The molecule has 0 amide bonds. The minimum Gasteiger partial charge on any atom is -0.410 e. The molecule has 0 aliphatic heterocycles. The molecule has 0 saturated carbocycles. The van der Waals surface area contributed by atoms with Crippen LogP contribution in [0.3, 0.4) is 0 Å². The molecule has 0 bridgehead atoms. The fourth-order valence-corrected chi connectivity index (χ4v) is 3.82. The average molecular weight is 254 g/mol. The van der Waals surface area contributed by atoms with Crippen LogP contribution >= 0.6 is 11.3 Å². The number of rotatable bonds is 6. The van der Waals surface area contributed by atoms with E-state index in [1.54, 1.807) is 0 Å². The number of allylic oxidation sites excluding steroid dienone is 1. The van der Waals surface area contributed by atoms with Crippen molar-refractivity contribution in [2.75, 3.05) is 0 Å². The SMILES string of the molecule is C=CCCC(O[Si](C)(C)C)c1sccc1C. The van der Waals surface area contributed by atoms with Crippen LogP contribution in [0.4, 0.5) is 0 Å². The molecule has 0 N–H and O–H groups in total. The molecule has 1 rings (SSSR count). The summed E-state index contributed by atoms with van der Waals surface area (Å²) in [6.07, 6.45) is 4.31. The lowest BCUT2D eigenvalue weighted by atomic mass is 10.1. The van der Waals surface area contributed by atoms with Crippen LogP contribution in [0.5, 0.6) is 0 Å². The summed E-state index contributed by atoms with van der Waals surface area (Å²) in [4.78, 5) is 1.39. The minimum atomic E-state index is -1.48. The van der Waals surface area contributed by atoms with Crippen LogP contribution in [0.25, 0.3) is 0 Å². The second-order valence-corrected chi connectivity index (χ2v) is 10.5. The molecule has 0 radical (unpaired) electrons. The molecule has 0 spiro atoms. The maximum absolute atomic E-state index is 6.27. The Hall–Kier alpha value is -0.383. The maximum atomic E-state index is 6.27. The molecule has 0 aromatic carbocycles. The topological polar surface area (TPSA) is 9.23 Å². The molecule has 0 saturated heterocycles. The Morgan fingerprint density at radius 2 is 2.19 bits per heavy atom. The lowest BCUT2D eigenvalue weighted by Gasteiger charge is -2.26. The molecular weight excluding hydrogens is 232 g/mol. The van der Waals surface area contributed by atoms with Gasteiger partial charge in [-0.3, -0.25) is 0 Å². The van der Waals surface area contributed by atoms with Crippen LogP contribution in [0.1, 0.15) is 29.4 Å². The summed E-state index contributed by atoms with van der Waals surface area (Å²) in [5.41, 5.74) is 1.36. The standard InChI is InChI=1S/C13H22OSSi/c1-6-7-8-12(14-16(3,4)5)13-11(2)9-10-15-13/h6,9-10,12H,1,7-8H2,2-5H3. The van der Waals surface area contributed by atoms with Gasteiger partial charge in [0.05, 0.1) is 6.10 Å². The fourth-order valence-electron chi connectivity index (χ4n) is 1.65.